The van der Waals surface area contributed by atoms with Gasteiger partial charge in [0.1, 0.15) is 0 Å². The van der Waals surface area contributed by atoms with Gasteiger partial charge in [-0.2, -0.15) is 0 Å². The van der Waals surface area contributed by atoms with Crippen LogP contribution in [0.1, 0.15) is 64.2 Å². The van der Waals surface area contributed by atoms with Gasteiger partial charge in [-0.25, -0.2) is 0 Å². The van der Waals surface area contributed by atoms with E-state index < -0.39 is 0 Å². The van der Waals surface area contributed by atoms with E-state index in [-0.39, 0.29) is 6.10 Å². The highest BCUT2D eigenvalue weighted by molar-refractivity contribution is 4.89. The van der Waals surface area contributed by atoms with Crippen LogP contribution in [-0.4, -0.2) is 35.7 Å². The minimum Gasteiger partial charge on any atom is -0.393 e. The Labute approximate surface area is 112 Å². The molecule has 104 valence electrons. The van der Waals surface area contributed by atoms with E-state index in [0.717, 1.165) is 18.4 Å². The first-order chi connectivity index (χ1) is 8.77. The molecule has 0 aromatic carbocycles. The molecule has 1 aliphatic heterocycles. The molecule has 0 amide bonds. The second-order valence-electron chi connectivity index (χ2n) is 7.12. The predicted molar refractivity (Wildman–Crippen MR) is 74.5 cm³/mol. The number of hydrogen-bond acceptors (Lipinski definition) is 2. The first-order valence-electron chi connectivity index (χ1n) is 8.18. The van der Waals surface area contributed by atoms with E-state index in [4.69, 9.17) is 0 Å². The standard InChI is InChI=1S/C16H29NO/c18-15-6-4-5-14(15)13-17-11-9-16(10-12-17)7-2-1-3-8-16/h14-15,18H,1-13H2. The van der Waals surface area contributed by atoms with Crippen molar-refractivity contribution in [3.05, 3.63) is 0 Å². The number of likely N-dealkylation sites (tertiary alicyclic amines) is 1. The summed E-state index contributed by atoms with van der Waals surface area (Å²) >= 11 is 0. The fourth-order valence-corrected chi connectivity index (χ4v) is 4.57. The second kappa shape index (κ2) is 5.50. The summed E-state index contributed by atoms with van der Waals surface area (Å²) in [5.74, 6) is 0.574. The number of aliphatic hydroxyl groups is 1. The van der Waals surface area contributed by atoms with Crippen LogP contribution in [0.3, 0.4) is 0 Å². The molecule has 1 saturated heterocycles. The van der Waals surface area contributed by atoms with Crippen LogP contribution in [0.5, 0.6) is 0 Å². The molecule has 2 nitrogen and oxygen atoms in total. The third-order valence-corrected chi connectivity index (χ3v) is 5.94. The van der Waals surface area contributed by atoms with Gasteiger partial charge in [0.15, 0.2) is 0 Å². The summed E-state index contributed by atoms with van der Waals surface area (Å²) in [6, 6.07) is 0. The normalized spacial score (nSPS) is 37.2. The van der Waals surface area contributed by atoms with Gasteiger partial charge in [0, 0.05) is 6.54 Å². The maximum atomic E-state index is 9.94. The monoisotopic (exact) mass is 251 g/mol. The van der Waals surface area contributed by atoms with Gasteiger partial charge in [-0.15, -0.1) is 0 Å². The highest BCUT2D eigenvalue weighted by atomic mass is 16.3. The molecule has 1 N–H and O–H groups in total. The van der Waals surface area contributed by atoms with Crippen molar-refractivity contribution in [1.82, 2.24) is 4.90 Å². The quantitative estimate of drug-likeness (QED) is 0.814. The first-order valence-corrected chi connectivity index (χ1v) is 8.18. The highest BCUT2D eigenvalue weighted by Crippen LogP contribution is 2.44. The van der Waals surface area contributed by atoms with Crippen LogP contribution in [0.25, 0.3) is 0 Å². The Morgan fingerprint density at radius 1 is 0.889 bits per heavy atom. The van der Waals surface area contributed by atoms with Gasteiger partial charge in [0.2, 0.25) is 0 Å². The summed E-state index contributed by atoms with van der Waals surface area (Å²) in [4.78, 5) is 2.64. The van der Waals surface area contributed by atoms with Crippen LogP contribution >= 0.6 is 0 Å². The van der Waals surface area contributed by atoms with Gasteiger partial charge in [0.05, 0.1) is 6.10 Å². The zero-order valence-corrected chi connectivity index (χ0v) is 11.7. The molecule has 2 saturated carbocycles. The Morgan fingerprint density at radius 3 is 2.22 bits per heavy atom. The zero-order chi connectivity index (χ0) is 12.4. The third-order valence-electron chi connectivity index (χ3n) is 5.94. The Bertz CT molecular complexity index is 262. The van der Waals surface area contributed by atoms with Crippen molar-refractivity contribution in [3.63, 3.8) is 0 Å². The lowest BCUT2D eigenvalue weighted by molar-refractivity contribution is 0.0420. The smallest absolute Gasteiger partial charge is 0.0580 e. The van der Waals surface area contributed by atoms with Crippen molar-refractivity contribution in [2.45, 2.75) is 70.3 Å². The Hall–Kier alpha value is -0.0800. The molecule has 0 aromatic heterocycles. The van der Waals surface area contributed by atoms with Crippen LogP contribution in [0, 0.1) is 11.3 Å². The average molecular weight is 251 g/mol. The summed E-state index contributed by atoms with van der Waals surface area (Å²) in [6.07, 6.45) is 13.8. The van der Waals surface area contributed by atoms with E-state index in [1.165, 1.54) is 70.9 Å². The lowest BCUT2D eigenvalue weighted by Gasteiger charge is -2.45. The van der Waals surface area contributed by atoms with Crippen molar-refractivity contribution in [2.75, 3.05) is 19.6 Å². The van der Waals surface area contributed by atoms with E-state index in [1.807, 2.05) is 0 Å². The van der Waals surface area contributed by atoms with Gasteiger partial charge < -0.3 is 10.0 Å². The topological polar surface area (TPSA) is 23.5 Å². The summed E-state index contributed by atoms with van der Waals surface area (Å²) in [5.41, 5.74) is 0.725. The van der Waals surface area contributed by atoms with Crippen LogP contribution in [0.4, 0.5) is 0 Å². The Morgan fingerprint density at radius 2 is 1.61 bits per heavy atom. The molecule has 2 aliphatic carbocycles. The SMILES string of the molecule is OC1CCCC1CN1CCC2(CCCCC2)CC1. The van der Waals surface area contributed by atoms with Crippen molar-refractivity contribution in [1.29, 1.82) is 0 Å². The van der Waals surface area contributed by atoms with Gasteiger partial charge in [-0.3, -0.25) is 0 Å². The van der Waals surface area contributed by atoms with Crippen molar-refractivity contribution in [2.24, 2.45) is 11.3 Å². The number of nitrogens with zero attached hydrogens (tertiary/aromatic N) is 1. The third kappa shape index (κ3) is 2.75. The molecule has 0 radical (unpaired) electrons. The van der Waals surface area contributed by atoms with E-state index >= 15 is 0 Å². The van der Waals surface area contributed by atoms with E-state index in [0.29, 0.717) is 5.92 Å². The maximum absolute atomic E-state index is 9.94. The summed E-state index contributed by atoms with van der Waals surface area (Å²) in [7, 11) is 0. The summed E-state index contributed by atoms with van der Waals surface area (Å²) in [6.45, 7) is 3.75. The van der Waals surface area contributed by atoms with Crippen LogP contribution in [0.2, 0.25) is 0 Å². The molecule has 18 heavy (non-hydrogen) atoms. The first kappa shape index (κ1) is 12.9. The van der Waals surface area contributed by atoms with Gasteiger partial charge in [-0.1, -0.05) is 25.7 Å². The fraction of sp³-hybridized carbons (Fsp3) is 1.00. The van der Waals surface area contributed by atoms with E-state index in [1.54, 1.807) is 0 Å². The van der Waals surface area contributed by atoms with Crippen molar-refractivity contribution < 1.29 is 5.11 Å². The second-order valence-corrected chi connectivity index (χ2v) is 7.12. The number of hydrogen-bond donors (Lipinski definition) is 1. The van der Waals surface area contributed by atoms with E-state index in [2.05, 4.69) is 4.90 Å². The molecule has 0 aromatic rings. The zero-order valence-electron chi connectivity index (χ0n) is 11.7. The number of rotatable bonds is 2. The van der Waals surface area contributed by atoms with Gasteiger partial charge in [-0.05, 0) is 62.9 Å². The lowest BCUT2D eigenvalue weighted by Crippen LogP contribution is -2.43. The molecule has 1 spiro atoms. The summed E-state index contributed by atoms with van der Waals surface area (Å²) in [5, 5.41) is 9.94. The predicted octanol–water partition coefficient (Wildman–Crippen LogP) is 3.19. The largest absolute Gasteiger partial charge is 0.393 e. The number of aliphatic hydroxyl groups excluding tert-OH is 1. The minimum atomic E-state index is -0.00410. The molecular formula is C16H29NO. The molecule has 3 fully saturated rings. The molecule has 0 bridgehead atoms. The van der Waals surface area contributed by atoms with Crippen LogP contribution in [0.15, 0.2) is 0 Å². The van der Waals surface area contributed by atoms with Crippen LogP contribution < -0.4 is 0 Å². The van der Waals surface area contributed by atoms with Crippen LogP contribution in [-0.2, 0) is 0 Å². The number of piperidine rings is 1. The van der Waals surface area contributed by atoms with Gasteiger partial charge >= 0.3 is 0 Å². The lowest BCUT2D eigenvalue weighted by atomic mass is 9.68. The maximum Gasteiger partial charge on any atom is 0.0580 e. The van der Waals surface area contributed by atoms with E-state index in [9.17, 15) is 5.11 Å². The van der Waals surface area contributed by atoms with Crippen molar-refractivity contribution >= 4 is 0 Å². The molecule has 1 heterocycles. The molecule has 2 atom stereocenters. The average Bonchev–Trinajstić information content (AvgIpc) is 2.79. The van der Waals surface area contributed by atoms with Gasteiger partial charge in [0.25, 0.3) is 0 Å². The van der Waals surface area contributed by atoms with Crippen molar-refractivity contribution in [3.8, 4) is 0 Å². The molecule has 2 unspecified atom stereocenters. The molecule has 3 aliphatic rings. The fourth-order valence-electron chi connectivity index (χ4n) is 4.57. The Balaban J connectivity index is 1.47. The minimum absolute atomic E-state index is 0.00410. The molecular weight excluding hydrogens is 222 g/mol. The highest BCUT2D eigenvalue weighted by Gasteiger charge is 2.36. The molecule has 3 rings (SSSR count). The Kier molecular flexibility index (Phi) is 3.95. The summed E-state index contributed by atoms with van der Waals surface area (Å²) < 4.78 is 0. The molecule has 2 heteroatoms.